The number of unbranched alkanes of at least 4 members (excludes halogenated alkanes) is 2. The standard InChI is InChI=1S/C14H24N4O2S/c1-3-4-5-6-12-16-17-13(21-12)15-14(20)18-8-7-10(2)11(19)9-18/h10-11,19H,3-9H2,1-2H3,(H,15,17,20). The molecule has 0 aromatic carbocycles. The number of amides is 2. The number of nitrogens with zero attached hydrogens (tertiary/aromatic N) is 3. The molecular formula is C14H24N4O2S. The fraction of sp³-hybridized carbons (Fsp3) is 0.786. The normalized spacial score (nSPS) is 22.3. The van der Waals surface area contributed by atoms with Crippen LogP contribution in [0.2, 0.25) is 0 Å². The van der Waals surface area contributed by atoms with E-state index >= 15 is 0 Å². The van der Waals surface area contributed by atoms with Gasteiger partial charge in [0.2, 0.25) is 5.13 Å². The number of likely N-dealkylation sites (tertiary alicyclic amines) is 1. The summed E-state index contributed by atoms with van der Waals surface area (Å²) in [7, 11) is 0. The number of anilines is 1. The highest BCUT2D eigenvalue weighted by Crippen LogP contribution is 2.20. The van der Waals surface area contributed by atoms with Crippen LogP contribution in [0.5, 0.6) is 0 Å². The zero-order chi connectivity index (χ0) is 15.2. The van der Waals surface area contributed by atoms with Crippen LogP contribution in [-0.4, -0.2) is 45.4 Å². The molecule has 1 aromatic heterocycles. The maximum atomic E-state index is 12.1. The Balaban J connectivity index is 1.82. The van der Waals surface area contributed by atoms with Crippen molar-refractivity contribution in [2.24, 2.45) is 5.92 Å². The molecule has 2 rings (SSSR count). The predicted octanol–water partition coefficient (Wildman–Crippen LogP) is 2.51. The summed E-state index contributed by atoms with van der Waals surface area (Å²) in [5.41, 5.74) is 0. The highest BCUT2D eigenvalue weighted by atomic mass is 32.1. The van der Waals surface area contributed by atoms with Gasteiger partial charge in [-0.25, -0.2) is 4.79 Å². The molecule has 7 heteroatoms. The molecule has 0 bridgehead atoms. The summed E-state index contributed by atoms with van der Waals surface area (Å²) in [5.74, 6) is 0.251. The number of hydrogen-bond donors (Lipinski definition) is 2. The first-order valence-electron chi connectivity index (χ1n) is 7.66. The van der Waals surface area contributed by atoms with Crippen LogP contribution in [-0.2, 0) is 6.42 Å². The number of rotatable bonds is 5. The molecule has 21 heavy (non-hydrogen) atoms. The molecule has 0 saturated carbocycles. The lowest BCUT2D eigenvalue weighted by atomic mass is 9.96. The minimum Gasteiger partial charge on any atom is -0.391 e. The average molecular weight is 312 g/mol. The number of hydrogen-bond acceptors (Lipinski definition) is 5. The van der Waals surface area contributed by atoms with E-state index in [1.165, 1.54) is 24.2 Å². The van der Waals surface area contributed by atoms with E-state index in [9.17, 15) is 9.90 Å². The molecule has 0 aliphatic carbocycles. The Morgan fingerprint density at radius 1 is 1.48 bits per heavy atom. The Bertz CT molecular complexity index is 466. The van der Waals surface area contributed by atoms with Gasteiger partial charge < -0.3 is 10.0 Å². The molecular weight excluding hydrogens is 288 g/mol. The van der Waals surface area contributed by atoms with Crippen LogP contribution in [0.15, 0.2) is 0 Å². The number of β-amino-alcohol motifs (C(OH)–C–C–N with tert-alkyl or cyclic N) is 1. The van der Waals surface area contributed by atoms with E-state index in [4.69, 9.17) is 0 Å². The Morgan fingerprint density at radius 3 is 3.00 bits per heavy atom. The maximum Gasteiger partial charge on any atom is 0.323 e. The summed E-state index contributed by atoms with van der Waals surface area (Å²) in [6, 6.07) is -0.197. The molecule has 0 spiro atoms. The number of piperidine rings is 1. The van der Waals surface area contributed by atoms with Crippen molar-refractivity contribution in [2.45, 2.75) is 52.1 Å². The van der Waals surface area contributed by atoms with Gasteiger partial charge in [0.05, 0.1) is 6.10 Å². The van der Waals surface area contributed by atoms with E-state index in [1.54, 1.807) is 4.90 Å². The Hall–Kier alpha value is -1.21. The lowest BCUT2D eigenvalue weighted by Crippen LogP contribution is -2.47. The van der Waals surface area contributed by atoms with Crippen molar-refractivity contribution >= 4 is 22.5 Å². The number of nitrogens with one attached hydrogen (secondary N) is 1. The van der Waals surface area contributed by atoms with Crippen molar-refractivity contribution in [3.05, 3.63) is 5.01 Å². The zero-order valence-electron chi connectivity index (χ0n) is 12.7. The molecule has 2 unspecified atom stereocenters. The van der Waals surface area contributed by atoms with Gasteiger partial charge in [-0.15, -0.1) is 10.2 Å². The van der Waals surface area contributed by atoms with Crippen LogP contribution in [0.1, 0.15) is 44.5 Å². The minimum atomic E-state index is -0.441. The van der Waals surface area contributed by atoms with Crippen molar-refractivity contribution < 1.29 is 9.90 Å². The van der Waals surface area contributed by atoms with Crippen molar-refractivity contribution in [2.75, 3.05) is 18.4 Å². The lowest BCUT2D eigenvalue weighted by molar-refractivity contribution is 0.0463. The summed E-state index contributed by atoms with van der Waals surface area (Å²) in [6.07, 6.45) is 4.77. The van der Waals surface area contributed by atoms with Gasteiger partial charge in [0.25, 0.3) is 0 Å². The highest BCUT2D eigenvalue weighted by molar-refractivity contribution is 7.15. The number of carbonyl (C=O) groups excluding carboxylic acids is 1. The molecule has 2 N–H and O–H groups in total. The van der Waals surface area contributed by atoms with Crippen LogP contribution in [0.3, 0.4) is 0 Å². The lowest BCUT2D eigenvalue weighted by Gasteiger charge is -2.33. The van der Waals surface area contributed by atoms with Crippen molar-refractivity contribution in [1.82, 2.24) is 15.1 Å². The van der Waals surface area contributed by atoms with Crippen LogP contribution >= 0.6 is 11.3 Å². The average Bonchev–Trinajstić information content (AvgIpc) is 2.89. The van der Waals surface area contributed by atoms with Gasteiger partial charge >= 0.3 is 6.03 Å². The first-order valence-corrected chi connectivity index (χ1v) is 8.48. The molecule has 2 heterocycles. The molecule has 0 radical (unpaired) electrons. The van der Waals surface area contributed by atoms with E-state index in [0.717, 1.165) is 24.3 Å². The van der Waals surface area contributed by atoms with Gasteiger partial charge in [-0.3, -0.25) is 5.32 Å². The van der Waals surface area contributed by atoms with Gasteiger partial charge in [0, 0.05) is 19.5 Å². The molecule has 1 fully saturated rings. The smallest absolute Gasteiger partial charge is 0.323 e. The number of aromatic nitrogens is 2. The number of carbonyl (C=O) groups is 1. The second-order valence-electron chi connectivity index (χ2n) is 5.67. The molecule has 2 amide bonds. The van der Waals surface area contributed by atoms with Gasteiger partial charge in [-0.05, 0) is 18.8 Å². The van der Waals surface area contributed by atoms with Gasteiger partial charge in [-0.1, -0.05) is 38.0 Å². The Labute approximate surface area is 129 Å². The second-order valence-corrected chi connectivity index (χ2v) is 6.73. The number of aryl methyl sites for hydroxylation is 1. The summed E-state index contributed by atoms with van der Waals surface area (Å²) in [5, 5.41) is 22.2. The summed E-state index contributed by atoms with van der Waals surface area (Å²) in [6.45, 7) is 5.23. The third kappa shape index (κ3) is 4.64. The molecule has 1 saturated heterocycles. The maximum absolute atomic E-state index is 12.1. The third-order valence-corrected chi connectivity index (χ3v) is 4.78. The molecule has 2 atom stereocenters. The number of aliphatic hydroxyl groups excluding tert-OH is 1. The monoisotopic (exact) mass is 312 g/mol. The highest BCUT2D eigenvalue weighted by Gasteiger charge is 2.27. The van der Waals surface area contributed by atoms with E-state index < -0.39 is 6.10 Å². The van der Waals surface area contributed by atoms with E-state index in [1.807, 2.05) is 6.92 Å². The van der Waals surface area contributed by atoms with Crippen LogP contribution in [0, 0.1) is 5.92 Å². The molecule has 6 nitrogen and oxygen atoms in total. The fourth-order valence-electron chi connectivity index (χ4n) is 2.34. The van der Waals surface area contributed by atoms with E-state index in [-0.39, 0.29) is 11.9 Å². The summed E-state index contributed by atoms with van der Waals surface area (Å²) < 4.78 is 0. The van der Waals surface area contributed by atoms with Gasteiger partial charge in [-0.2, -0.15) is 0 Å². The van der Waals surface area contributed by atoms with Crippen LogP contribution in [0.25, 0.3) is 0 Å². The van der Waals surface area contributed by atoms with Gasteiger partial charge in [0.1, 0.15) is 5.01 Å². The third-order valence-electron chi connectivity index (χ3n) is 3.88. The van der Waals surface area contributed by atoms with Crippen molar-refractivity contribution in [3.8, 4) is 0 Å². The Kier molecular flexibility index (Phi) is 5.93. The molecule has 1 aliphatic heterocycles. The summed E-state index contributed by atoms with van der Waals surface area (Å²) >= 11 is 1.43. The van der Waals surface area contributed by atoms with E-state index in [2.05, 4.69) is 22.4 Å². The first kappa shape index (κ1) is 16.2. The number of urea groups is 1. The largest absolute Gasteiger partial charge is 0.391 e. The minimum absolute atomic E-state index is 0.197. The second kappa shape index (κ2) is 7.70. The molecule has 1 aliphatic rings. The molecule has 118 valence electrons. The topological polar surface area (TPSA) is 78.4 Å². The van der Waals surface area contributed by atoms with Gasteiger partial charge in [0.15, 0.2) is 0 Å². The van der Waals surface area contributed by atoms with Crippen molar-refractivity contribution in [1.29, 1.82) is 0 Å². The molecule has 1 aromatic rings. The fourth-order valence-corrected chi connectivity index (χ4v) is 3.11. The number of aliphatic hydroxyl groups is 1. The first-order chi connectivity index (χ1) is 10.1. The summed E-state index contributed by atoms with van der Waals surface area (Å²) in [4.78, 5) is 13.8. The zero-order valence-corrected chi connectivity index (χ0v) is 13.5. The van der Waals surface area contributed by atoms with Crippen LogP contribution in [0.4, 0.5) is 9.93 Å². The van der Waals surface area contributed by atoms with Crippen molar-refractivity contribution in [3.63, 3.8) is 0 Å². The van der Waals surface area contributed by atoms with Crippen LogP contribution < -0.4 is 5.32 Å². The van der Waals surface area contributed by atoms with E-state index in [0.29, 0.717) is 18.2 Å². The SMILES string of the molecule is CCCCCc1nnc(NC(=O)N2CCC(C)C(O)C2)s1. The predicted molar refractivity (Wildman–Crippen MR) is 83.5 cm³/mol. The Morgan fingerprint density at radius 2 is 2.29 bits per heavy atom. The quantitative estimate of drug-likeness (QED) is 0.819.